The van der Waals surface area contributed by atoms with Gasteiger partial charge in [0.1, 0.15) is 17.7 Å². The lowest BCUT2D eigenvalue weighted by molar-refractivity contribution is -0.146. The Bertz CT molecular complexity index is 1420. The van der Waals surface area contributed by atoms with Crippen LogP contribution in [0.4, 0.5) is 10.5 Å². The molecule has 0 aromatic heterocycles. The first-order valence-electron chi connectivity index (χ1n) is 15.0. The Kier molecular flexibility index (Phi) is 9.60. The summed E-state index contributed by atoms with van der Waals surface area (Å²) >= 11 is 0. The van der Waals surface area contributed by atoms with Crippen LogP contribution in [0.3, 0.4) is 0 Å². The molecule has 7 heteroatoms. The Morgan fingerprint density at radius 1 is 0.929 bits per heavy atom. The van der Waals surface area contributed by atoms with Crippen LogP contribution in [0.1, 0.15) is 83.0 Å². The maximum Gasteiger partial charge on any atom is 0.408 e. The maximum absolute atomic E-state index is 14.5. The molecule has 1 aliphatic rings. The zero-order chi connectivity index (χ0) is 30.6. The van der Waals surface area contributed by atoms with Crippen molar-refractivity contribution >= 4 is 34.4 Å². The largest absolute Gasteiger partial charge is 0.444 e. The van der Waals surface area contributed by atoms with Crippen molar-refractivity contribution in [2.75, 3.05) is 5.32 Å². The van der Waals surface area contributed by atoms with Crippen molar-refractivity contribution in [1.29, 1.82) is 0 Å². The van der Waals surface area contributed by atoms with E-state index in [1.807, 2.05) is 82.3 Å². The third-order valence-corrected chi connectivity index (χ3v) is 7.52. The third-order valence-electron chi connectivity index (χ3n) is 7.52. The van der Waals surface area contributed by atoms with E-state index in [-0.39, 0.29) is 23.8 Å². The Balaban J connectivity index is 1.74. The maximum atomic E-state index is 14.5. The van der Waals surface area contributed by atoms with Crippen LogP contribution in [0, 0.1) is 19.8 Å². The minimum absolute atomic E-state index is 0.110. The van der Waals surface area contributed by atoms with E-state index in [0.29, 0.717) is 12.1 Å². The highest BCUT2D eigenvalue weighted by Crippen LogP contribution is 2.35. The molecule has 2 unspecified atom stereocenters. The van der Waals surface area contributed by atoms with Gasteiger partial charge in [-0.1, -0.05) is 73.5 Å². The number of nitrogens with one attached hydrogen (secondary N) is 2. The molecule has 42 heavy (non-hydrogen) atoms. The second-order valence-corrected chi connectivity index (χ2v) is 13.0. The summed E-state index contributed by atoms with van der Waals surface area (Å²) in [6, 6.07) is 18.0. The Morgan fingerprint density at radius 3 is 2.14 bits per heavy atom. The molecule has 224 valence electrons. The van der Waals surface area contributed by atoms with Gasteiger partial charge in [-0.2, -0.15) is 0 Å². The molecule has 0 saturated heterocycles. The van der Waals surface area contributed by atoms with Crippen molar-refractivity contribution in [3.63, 3.8) is 0 Å². The molecule has 4 rings (SSSR count). The zero-order valence-electron chi connectivity index (χ0n) is 26.0. The average Bonchev–Trinajstić information content (AvgIpc) is 2.84. The number of hydrogen-bond acceptors (Lipinski definition) is 4. The van der Waals surface area contributed by atoms with Gasteiger partial charge in [-0.25, -0.2) is 4.79 Å². The number of alkyl carbamates (subject to hydrolysis) is 1. The predicted molar refractivity (Wildman–Crippen MR) is 168 cm³/mol. The van der Waals surface area contributed by atoms with Gasteiger partial charge in [-0.15, -0.1) is 0 Å². The zero-order valence-corrected chi connectivity index (χ0v) is 26.0. The fourth-order valence-electron chi connectivity index (χ4n) is 5.59. The SMILES string of the molecule is Cc1cc(C)cc(C(C(=O)Nc2ccc3ccccc3c2)N(C(=O)C(CC(C)C)NC(=O)OC(C)(C)C)C2CCC2)c1. The molecule has 1 fully saturated rings. The number of amides is 3. The number of fused-ring (bicyclic) bond motifs is 1. The van der Waals surface area contributed by atoms with Crippen LogP contribution in [-0.2, 0) is 14.3 Å². The molecule has 3 aromatic rings. The molecule has 0 spiro atoms. The molecule has 0 radical (unpaired) electrons. The van der Waals surface area contributed by atoms with E-state index in [9.17, 15) is 14.4 Å². The van der Waals surface area contributed by atoms with E-state index >= 15 is 0 Å². The first-order chi connectivity index (χ1) is 19.8. The third kappa shape index (κ3) is 7.90. The molecule has 3 aromatic carbocycles. The molecule has 2 N–H and O–H groups in total. The Morgan fingerprint density at radius 2 is 1.57 bits per heavy atom. The van der Waals surface area contributed by atoms with Crippen molar-refractivity contribution in [2.24, 2.45) is 5.92 Å². The lowest BCUT2D eigenvalue weighted by Crippen LogP contribution is -2.57. The van der Waals surface area contributed by atoms with Crippen molar-refractivity contribution in [2.45, 2.75) is 97.9 Å². The van der Waals surface area contributed by atoms with Crippen molar-refractivity contribution in [3.8, 4) is 0 Å². The van der Waals surface area contributed by atoms with Crippen LogP contribution >= 0.6 is 0 Å². The summed E-state index contributed by atoms with van der Waals surface area (Å²) in [4.78, 5) is 43.4. The number of rotatable bonds is 9. The predicted octanol–water partition coefficient (Wildman–Crippen LogP) is 7.46. The Labute approximate surface area is 250 Å². The minimum Gasteiger partial charge on any atom is -0.444 e. The number of nitrogens with zero attached hydrogens (tertiary/aromatic N) is 1. The van der Waals surface area contributed by atoms with Crippen LogP contribution in [0.25, 0.3) is 10.8 Å². The molecule has 0 heterocycles. The summed E-state index contributed by atoms with van der Waals surface area (Å²) in [5, 5.41) is 8.06. The monoisotopic (exact) mass is 571 g/mol. The molecule has 0 aliphatic heterocycles. The fourth-order valence-corrected chi connectivity index (χ4v) is 5.59. The summed E-state index contributed by atoms with van der Waals surface area (Å²) in [5.74, 6) is -0.420. The van der Waals surface area contributed by atoms with E-state index < -0.39 is 23.8 Å². The molecule has 1 saturated carbocycles. The summed E-state index contributed by atoms with van der Waals surface area (Å²) in [6.07, 6.45) is 2.37. The van der Waals surface area contributed by atoms with Gasteiger partial charge < -0.3 is 20.3 Å². The van der Waals surface area contributed by atoms with E-state index in [0.717, 1.165) is 46.7 Å². The van der Waals surface area contributed by atoms with Gasteiger partial charge in [0.15, 0.2) is 0 Å². The molecule has 3 amide bonds. The lowest BCUT2D eigenvalue weighted by Gasteiger charge is -2.44. The Hall–Kier alpha value is -3.87. The molecule has 2 atom stereocenters. The van der Waals surface area contributed by atoms with Crippen molar-refractivity contribution < 1.29 is 19.1 Å². The quantitative estimate of drug-likeness (QED) is 0.279. The number of benzene rings is 3. The summed E-state index contributed by atoms with van der Waals surface area (Å²) in [7, 11) is 0. The van der Waals surface area contributed by atoms with Crippen LogP contribution in [-0.4, -0.2) is 40.5 Å². The van der Waals surface area contributed by atoms with Gasteiger partial charge in [0, 0.05) is 11.7 Å². The first-order valence-corrected chi connectivity index (χ1v) is 15.0. The van der Waals surface area contributed by atoms with Crippen LogP contribution in [0.2, 0.25) is 0 Å². The number of aryl methyl sites for hydroxylation is 2. The number of anilines is 1. The van der Waals surface area contributed by atoms with Crippen LogP contribution < -0.4 is 10.6 Å². The fraction of sp³-hybridized carbons (Fsp3) is 0.457. The highest BCUT2D eigenvalue weighted by atomic mass is 16.6. The topological polar surface area (TPSA) is 87.7 Å². The van der Waals surface area contributed by atoms with E-state index in [4.69, 9.17) is 4.74 Å². The average molecular weight is 572 g/mol. The number of hydrogen-bond donors (Lipinski definition) is 2. The second kappa shape index (κ2) is 13.0. The summed E-state index contributed by atoms with van der Waals surface area (Å²) < 4.78 is 5.52. The van der Waals surface area contributed by atoms with Crippen LogP contribution in [0.5, 0.6) is 0 Å². The molecule has 7 nitrogen and oxygen atoms in total. The summed E-state index contributed by atoms with van der Waals surface area (Å²) in [6.45, 7) is 13.4. The standard InChI is InChI=1S/C35H45N3O4/c1-22(2)17-30(37-34(41)42-35(5,6)7)33(40)38(29-13-10-14-29)31(27-19-23(3)18-24(4)20-27)32(39)36-28-16-15-25-11-8-9-12-26(25)21-28/h8-9,11-12,15-16,18-22,29-31H,10,13-14,17H2,1-7H3,(H,36,39)(H,37,41). The van der Waals surface area contributed by atoms with Gasteiger partial charge in [-0.3, -0.25) is 9.59 Å². The van der Waals surface area contributed by atoms with Gasteiger partial charge in [0.2, 0.25) is 5.91 Å². The normalized spacial score (nSPS) is 15.0. The van der Waals surface area contributed by atoms with Gasteiger partial charge in [0.05, 0.1) is 0 Å². The van der Waals surface area contributed by atoms with Gasteiger partial charge in [-0.05, 0) is 94.7 Å². The van der Waals surface area contributed by atoms with Gasteiger partial charge >= 0.3 is 6.09 Å². The highest BCUT2D eigenvalue weighted by Gasteiger charge is 2.42. The van der Waals surface area contributed by atoms with E-state index in [1.54, 1.807) is 25.7 Å². The van der Waals surface area contributed by atoms with E-state index in [2.05, 4.69) is 16.7 Å². The molecular formula is C35H45N3O4. The number of carbonyl (C=O) groups is 3. The number of carbonyl (C=O) groups excluding carboxylic acids is 3. The molecular weight excluding hydrogens is 526 g/mol. The van der Waals surface area contributed by atoms with E-state index in [1.165, 1.54) is 0 Å². The summed E-state index contributed by atoms with van der Waals surface area (Å²) in [5.41, 5.74) is 2.75. The smallest absolute Gasteiger partial charge is 0.408 e. The van der Waals surface area contributed by atoms with Crippen molar-refractivity contribution in [1.82, 2.24) is 10.2 Å². The van der Waals surface area contributed by atoms with Gasteiger partial charge in [0.25, 0.3) is 5.91 Å². The highest BCUT2D eigenvalue weighted by molar-refractivity contribution is 6.00. The van der Waals surface area contributed by atoms with Crippen LogP contribution in [0.15, 0.2) is 60.7 Å². The molecule has 0 bridgehead atoms. The molecule has 1 aliphatic carbocycles. The lowest BCUT2D eigenvalue weighted by atomic mass is 9.87. The number of ether oxygens (including phenoxy) is 1. The minimum atomic E-state index is -0.872. The second-order valence-electron chi connectivity index (χ2n) is 13.0. The van der Waals surface area contributed by atoms with Crippen molar-refractivity contribution in [3.05, 3.63) is 77.4 Å². The first kappa shape index (κ1) is 31.1.